The molecule has 0 aliphatic carbocycles. The van der Waals surface area contributed by atoms with Crippen molar-refractivity contribution in [2.24, 2.45) is 0 Å². The van der Waals surface area contributed by atoms with Gasteiger partial charge in [-0.1, -0.05) is 24.6 Å². The van der Waals surface area contributed by atoms with Gasteiger partial charge in [0.1, 0.15) is 12.4 Å². The van der Waals surface area contributed by atoms with Crippen molar-refractivity contribution in [3.8, 4) is 11.8 Å². The Labute approximate surface area is 103 Å². The van der Waals surface area contributed by atoms with E-state index in [-0.39, 0.29) is 12.1 Å². The second kappa shape index (κ2) is 6.93. The number of ether oxygens (including phenoxy) is 1. The summed E-state index contributed by atoms with van der Waals surface area (Å²) in [4.78, 5) is 0. The molecule has 2 atom stereocenters. The standard InChI is InChI=1S/C14H20N2O/c1-4-13(9-15)16-12(3)10-17-14-7-5-11(2)6-8-14/h5-8,12-13,16H,4,10H2,1-3H3. The van der Waals surface area contributed by atoms with E-state index in [1.54, 1.807) is 0 Å². The Morgan fingerprint density at radius 3 is 2.53 bits per heavy atom. The third-order valence-electron chi connectivity index (χ3n) is 2.57. The molecule has 0 aliphatic heterocycles. The molecule has 0 fully saturated rings. The SMILES string of the molecule is CCC(C#N)NC(C)COc1ccc(C)cc1. The Bertz CT molecular complexity index is 367. The van der Waals surface area contributed by atoms with E-state index in [2.05, 4.69) is 11.4 Å². The number of hydrogen-bond acceptors (Lipinski definition) is 3. The summed E-state index contributed by atoms with van der Waals surface area (Å²) in [7, 11) is 0. The highest BCUT2D eigenvalue weighted by molar-refractivity contribution is 5.26. The zero-order valence-electron chi connectivity index (χ0n) is 10.7. The van der Waals surface area contributed by atoms with Gasteiger partial charge in [0.2, 0.25) is 0 Å². The molecule has 92 valence electrons. The number of nitriles is 1. The first-order valence-electron chi connectivity index (χ1n) is 6.00. The van der Waals surface area contributed by atoms with Crippen LogP contribution in [0.25, 0.3) is 0 Å². The molecule has 17 heavy (non-hydrogen) atoms. The van der Waals surface area contributed by atoms with Gasteiger partial charge in [-0.05, 0) is 32.4 Å². The van der Waals surface area contributed by atoms with Gasteiger partial charge in [0.15, 0.2) is 0 Å². The van der Waals surface area contributed by atoms with Crippen LogP contribution in [-0.2, 0) is 0 Å². The van der Waals surface area contributed by atoms with Gasteiger partial charge in [-0.2, -0.15) is 5.26 Å². The lowest BCUT2D eigenvalue weighted by Gasteiger charge is -2.17. The van der Waals surface area contributed by atoms with E-state index in [4.69, 9.17) is 10.00 Å². The van der Waals surface area contributed by atoms with E-state index in [9.17, 15) is 0 Å². The first-order valence-corrected chi connectivity index (χ1v) is 6.00. The fraction of sp³-hybridized carbons (Fsp3) is 0.500. The summed E-state index contributed by atoms with van der Waals surface area (Å²) in [5.74, 6) is 0.870. The van der Waals surface area contributed by atoms with Crippen LogP contribution in [0.3, 0.4) is 0 Å². The molecule has 1 N–H and O–H groups in total. The van der Waals surface area contributed by atoms with Gasteiger partial charge in [-0.3, -0.25) is 5.32 Å². The second-order valence-electron chi connectivity index (χ2n) is 4.28. The lowest BCUT2D eigenvalue weighted by atomic mass is 10.2. The Morgan fingerprint density at radius 1 is 1.35 bits per heavy atom. The van der Waals surface area contributed by atoms with Crippen molar-refractivity contribution in [2.75, 3.05) is 6.61 Å². The molecule has 2 unspecified atom stereocenters. The summed E-state index contributed by atoms with van der Waals surface area (Å²) in [5, 5.41) is 12.0. The highest BCUT2D eigenvalue weighted by atomic mass is 16.5. The molecule has 0 radical (unpaired) electrons. The number of rotatable bonds is 6. The fourth-order valence-electron chi connectivity index (χ4n) is 1.49. The summed E-state index contributed by atoms with van der Waals surface area (Å²) in [6.45, 7) is 6.64. The highest BCUT2D eigenvalue weighted by Crippen LogP contribution is 2.11. The van der Waals surface area contributed by atoms with Crippen molar-refractivity contribution < 1.29 is 4.74 Å². The smallest absolute Gasteiger partial charge is 0.119 e. The Hall–Kier alpha value is -1.53. The van der Waals surface area contributed by atoms with E-state index >= 15 is 0 Å². The first-order chi connectivity index (χ1) is 8.15. The van der Waals surface area contributed by atoms with Crippen LogP contribution in [0.4, 0.5) is 0 Å². The predicted octanol–water partition coefficient (Wildman–Crippen LogP) is 2.65. The van der Waals surface area contributed by atoms with Crippen LogP contribution in [0.15, 0.2) is 24.3 Å². The molecule has 0 aromatic heterocycles. The van der Waals surface area contributed by atoms with Crippen molar-refractivity contribution >= 4 is 0 Å². The van der Waals surface area contributed by atoms with Crippen LogP contribution in [-0.4, -0.2) is 18.7 Å². The maximum atomic E-state index is 8.84. The van der Waals surface area contributed by atoms with Crippen LogP contribution in [0.1, 0.15) is 25.8 Å². The van der Waals surface area contributed by atoms with Crippen molar-refractivity contribution in [1.29, 1.82) is 5.26 Å². The molecule has 3 nitrogen and oxygen atoms in total. The largest absolute Gasteiger partial charge is 0.492 e. The van der Waals surface area contributed by atoms with Gasteiger partial charge in [0.25, 0.3) is 0 Å². The van der Waals surface area contributed by atoms with Crippen molar-refractivity contribution in [3.63, 3.8) is 0 Å². The zero-order valence-corrected chi connectivity index (χ0v) is 10.7. The molecule has 0 spiro atoms. The third-order valence-corrected chi connectivity index (χ3v) is 2.57. The molecule has 1 aromatic carbocycles. The number of nitrogens with one attached hydrogen (secondary N) is 1. The van der Waals surface area contributed by atoms with Gasteiger partial charge >= 0.3 is 0 Å². The molecule has 0 saturated carbocycles. The van der Waals surface area contributed by atoms with Crippen molar-refractivity contribution in [3.05, 3.63) is 29.8 Å². The molecule has 0 saturated heterocycles. The van der Waals surface area contributed by atoms with Crippen molar-refractivity contribution in [1.82, 2.24) is 5.32 Å². The molecule has 3 heteroatoms. The minimum atomic E-state index is -0.0911. The van der Waals surface area contributed by atoms with E-state index in [1.165, 1.54) is 5.56 Å². The topological polar surface area (TPSA) is 45.0 Å². The molecular formula is C14H20N2O. The zero-order chi connectivity index (χ0) is 12.7. The molecule has 0 heterocycles. The average molecular weight is 232 g/mol. The minimum Gasteiger partial charge on any atom is -0.492 e. The normalized spacial score (nSPS) is 13.8. The Kier molecular flexibility index (Phi) is 5.51. The molecule has 0 amide bonds. The van der Waals surface area contributed by atoms with Gasteiger partial charge in [-0.15, -0.1) is 0 Å². The average Bonchev–Trinajstić information content (AvgIpc) is 2.35. The molecular weight excluding hydrogens is 212 g/mol. The van der Waals surface area contributed by atoms with Gasteiger partial charge in [0.05, 0.1) is 12.1 Å². The van der Waals surface area contributed by atoms with E-state index in [0.717, 1.165) is 12.2 Å². The summed E-state index contributed by atoms with van der Waals surface area (Å²) in [6.07, 6.45) is 0.811. The monoisotopic (exact) mass is 232 g/mol. The first kappa shape index (κ1) is 13.5. The number of nitrogens with zero attached hydrogens (tertiary/aromatic N) is 1. The van der Waals surface area contributed by atoms with Gasteiger partial charge in [-0.25, -0.2) is 0 Å². The minimum absolute atomic E-state index is 0.0911. The van der Waals surface area contributed by atoms with Gasteiger partial charge in [0, 0.05) is 6.04 Å². The molecule has 1 rings (SSSR count). The van der Waals surface area contributed by atoms with Crippen molar-refractivity contribution in [2.45, 2.75) is 39.3 Å². The second-order valence-corrected chi connectivity index (χ2v) is 4.28. The number of benzene rings is 1. The summed E-state index contributed by atoms with van der Waals surface area (Å²) < 4.78 is 5.64. The predicted molar refractivity (Wildman–Crippen MR) is 69.0 cm³/mol. The Balaban J connectivity index is 2.35. The summed E-state index contributed by atoms with van der Waals surface area (Å²) >= 11 is 0. The van der Waals surface area contributed by atoms with Crippen LogP contribution in [0.2, 0.25) is 0 Å². The van der Waals surface area contributed by atoms with Crippen LogP contribution in [0.5, 0.6) is 5.75 Å². The third kappa shape index (κ3) is 4.88. The summed E-state index contributed by atoms with van der Waals surface area (Å²) in [6, 6.07) is 10.3. The summed E-state index contributed by atoms with van der Waals surface area (Å²) in [5.41, 5.74) is 1.22. The van der Waals surface area contributed by atoms with Crippen LogP contribution >= 0.6 is 0 Å². The fourth-order valence-corrected chi connectivity index (χ4v) is 1.49. The van der Waals surface area contributed by atoms with Crippen LogP contribution < -0.4 is 10.1 Å². The van der Waals surface area contributed by atoms with Gasteiger partial charge < -0.3 is 4.74 Å². The molecule has 1 aromatic rings. The maximum absolute atomic E-state index is 8.84. The number of aryl methyl sites for hydroxylation is 1. The van der Waals surface area contributed by atoms with Crippen LogP contribution in [0, 0.1) is 18.3 Å². The lowest BCUT2D eigenvalue weighted by molar-refractivity contribution is 0.267. The number of hydrogen-bond donors (Lipinski definition) is 1. The maximum Gasteiger partial charge on any atom is 0.119 e. The van der Waals surface area contributed by atoms with E-state index in [1.807, 2.05) is 45.0 Å². The highest BCUT2D eigenvalue weighted by Gasteiger charge is 2.09. The molecule has 0 aliphatic rings. The lowest BCUT2D eigenvalue weighted by Crippen LogP contribution is -2.38. The van der Waals surface area contributed by atoms with E-state index in [0.29, 0.717) is 6.61 Å². The quantitative estimate of drug-likeness (QED) is 0.820. The molecule has 0 bridgehead atoms. The Morgan fingerprint density at radius 2 is 2.00 bits per heavy atom. The van der Waals surface area contributed by atoms with E-state index < -0.39 is 0 Å².